The van der Waals surface area contributed by atoms with E-state index in [9.17, 15) is 0 Å². The Morgan fingerprint density at radius 1 is 0.446 bits per heavy atom. The van der Waals surface area contributed by atoms with Crippen LogP contribution in [0.5, 0.6) is 17.2 Å². The van der Waals surface area contributed by atoms with Crippen LogP contribution in [0.25, 0.3) is 11.1 Å². The first-order chi connectivity index (χ1) is 32.2. The Balaban J connectivity index is 1.01. The number of para-hydroxylation sites is 3. The molecule has 0 amide bonds. The molecule has 7 aromatic carbocycles. The van der Waals surface area contributed by atoms with Crippen LogP contribution in [-0.2, 0) is 16.2 Å². The summed E-state index contributed by atoms with van der Waals surface area (Å²) in [5.74, 6) is 4.31. The van der Waals surface area contributed by atoms with Gasteiger partial charge >= 0.3 is 0 Å². The summed E-state index contributed by atoms with van der Waals surface area (Å²) in [6.07, 6.45) is 20.6. The van der Waals surface area contributed by atoms with Crippen LogP contribution in [-0.4, -0.2) is 0 Å². The van der Waals surface area contributed by atoms with Crippen LogP contribution in [0.4, 0.5) is 0 Å². The summed E-state index contributed by atoms with van der Waals surface area (Å²) in [7, 11) is 0. The third kappa shape index (κ3) is 4.27. The minimum atomic E-state index is -0.477. The molecule has 2 heterocycles. The molecule has 0 saturated heterocycles. The van der Waals surface area contributed by atoms with Crippen molar-refractivity contribution in [3.63, 3.8) is 0 Å². The number of benzene rings is 7. The van der Waals surface area contributed by atoms with E-state index in [0.29, 0.717) is 5.92 Å². The van der Waals surface area contributed by atoms with Crippen LogP contribution in [0.3, 0.4) is 0 Å². The van der Waals surface area contributed by atoms with Crippen LogP contribution in [0.2, 0.25) is 0 Å². The molecule has 7 aromatic rings. The van der Waals surface area contributed by atoms with Gasteiger partial charge in [0.05, 0.1) is 16.2 Å². The first-order valence-electron chi connectivity index (χ1n) is 23.5. The summed E-state index contributed by atoms with van der Waals surface area (Å²) >= 11 is 0. The minimum absolute atomic E-state index is 0.176. The average molecular weight is 833 g/mol. The van der Waals surface area contributed by atoms with Gasteiger partial charge in [-0.25, -0.2) is 0 Å². The lowest BCUT2D eigenvalue weighted by Gasteiger charge is -2.43. The largest absolute Gasteiger partial charge is 0.457 e. The molecular formula is C63H44O2. The Bertz CT molecular complexity index is 3430. The van der Waals surface area contributed by atoms with Crippen molar-refractivity contribution < 1.29 is 9.47 Å². The van der Waals surface area contributed by atoms with Gasteiger partial charge in [0.15, 0.2) is 0 Å². The standard InChI is InChI=1S/C63H44O2/c1-5-21-47-41(17-1)42-18-2-6-22-48(42)61(47,39-33-35-51-45(37-39)43-19-3-7-23-49(43)62(51)53-25-9-13-29-57(53)64-58-30-14-10-26-54(58)62)40-34-36-52-46(38-40)44-20-4-8-24-50(44)63(52)55-27-11-15-31-59(55)65-60-32-16-12-28-56(60)63/h1-11,13-17,19-27,29-36,38,42,45H,12,18,28,37H2. The van der Waals surface area contributed by atoms with Gasteiger partial charge in [0.1, 0.15) is 23.0 Å². The lowest BCUT2D eigenvalue weighted by Crippen LogP contribution is -2.36. The Labute approximate surface area is 379 Å². The Morgan fingerprint density at radius 3 is 1.78 bits per heavy atom. The number of hydrogen-bond acceptors (Lipinski definition) is 2. The van der Waals surface area contributed by atoms with Gasteiger partial charge in [0.2, 0.25) is 0 Å². The summed E-state index contributed by atoms with van der Waals surface area (Å²) in [6.45, 7) is 0. The summed E-state index contributed by atoms with van der Waals surface area (Å²) in [5.41, 5.74) is 20.5. The molecule has 0 saturated carbocycles. The van der Waals surface area contributed by atoms with Crippen LogP contribution < -0.4 is 9.47 Å². The SMILES string of the molecule is C1=CCC2C(=C1)C(C1=CC=C3C(C1)c1ccccc1C31c3ccccc3Oc3ccccc31)(c1ccc3c(c1)-c1ccccc1C31C3=C(C=CCC3)Oc3ccccc31)c1ccccc12. The topological polar surface area (TPSA) is 18.5 Å². The van der Waals surface area contributed by atoms with E-state index in [0.717, 1.165) is 48.7 Å². The van der Waals surface area contributed by atoms with Crippen LogP contribution in [0.1, 0.15) is 93.2 Å². The van der Waals surface area contributed by atoms with Crippen molar-refractivity contribution in [1.29, 1.82) is 0 Å². The predicted molar refractivity (Wildman–Crippen MR) is 259 cm³/mol. The van der Waals surface area contributed by atoms with Gasteiger partial charge in [-0.3, -0.25) is 0 Å². The molecule has 2 aliphatic heterocycles. The molecule has 6 aliphatic carbocycles. The zero-order valence-electron chi connectivity index (χ0n) is 35.9. The number of fused-ring (bicyclic) bond motifs is 20. The van der Waals surface area contributed by atoms with Crippen molar-refractivity contribution in [3.05, 3.63) is 290 Å². The fourth-order valence-electron chi connectivity index (χ4n) is 14.4. The molecule has 4 atom stereocenters. The summed E-state index contributed by atoms with van der Waals surface area (Å²) in [4.78, 5) is 0. The van der Waals surface area contributed by atoms with E-state index in [-0.39, 0.29) is 5.92 Å². The quantitative estimate of drug-likeness (QED) is 0.173. The van der Waals surface area contributed by atoms with Crippen molar-refractivity contribution in [2.45, 2.75) is 53.8 Å². The zero-order valence-corrected chi connectivity index (χ0v) is 35.9. The second-order valence-electron chi connectivity index (χ2n) is 19.1. The number of allylic oxidation sites excluding steroid dienone is 11. The van der Waals surface area contributed by atoms with Gasteiger partial charge in [0.25, 0.3) is 0 Å². The van der Waals surface area contributed by atoms with Crippen LogP contribution in [0.15, 0.2) is 234 Å². The molecular weight excluding hydrogens is 789 g/mol. The summed E-state index contributed by atoms with van der Waals surface area (Å²) in [5, 5.41) is 0. The molecule has 308 valence electrons. The van der Waals surface area contributed by atoms with Crippen molar-refractivity contribution in [2.75, 3.05) is 0 Å². The molecule has 0 fully saturated rings. The maximum Gasteiger partial charge on any atom is 0.132 e. The highest BCUT2D eigenvalue weighted by atomic mass is 16.5. The first kappa shape index (κ1) is 36.0. The van der Waals surface area contributed by atoms with Crippen molar-refractivity contribution in [2.24, 2.45) is 0 Å². The second kappa shape index (κ2) is 12.9. The van der Waals surface area contributed by atoms with E-state index in [1.807, 2.05) is 0 Å². The summed E-state index contributed by atoms with van der Waals surface area (Å²) < 4.78 is 13.5. The molecule has 0 radical (unpaired) electrons. The van der Waals surface area contributed by atoms with Gasteiger partial charge in [-0.05, 0) is 123 Å². The normalized spacial score (nSPS) is 24.6. The second-order valence-corrected chi connectivity index (χ2v) is 19.1. The Kier molecular flexibility index (Phi) is 7.12. The van der Waals surface area contributed by atoms with Crippen LogP contribution >= 0.6 is 0 Å². The highest BCUT2D eigenvalue weighted by Gasteiger charge is 2.59. The average Bonchev–Trinajstić information content (AvgIpc) is 3.95. The smallest absolute Gasteiger partial charge is 0.132 e. The predicted octanol–water partition coefficient (Wildman–Crippen LogP) is 14.8. The van der Waals surface area contributed by atoms with Crippen molar-refractivity contribution in [1.82, 2.24) is 0 Å². The number of hydrogen-bond donors (Lipinski definition) is 0. The van der Waals surface area contributed by atoms with Gasteiger partial charge < -0.3 is 9.47 Å². The maximum atomic E-state index is 6.75. The molecule has 2 nitrogen and oxygen atoms in total. The van der Waals surface area contributed by atoms with Gasteiger partial charge in [-0.1, -0.05) is 182 Å². The zero-order chi connectivity index (χ0) is 42.5. The van der Waals surface area contributed by atoms with E-state index in [1.54, 1.807) is 0 Å². The molecule has 4 unspecified atom stereocenters. The molecule has 2 heteroatoms. The molecule has 2 spiro atoms. The Hall–Kier alpha value is -7.42. The van der Waals surface area contributed by atoms with Gasteiger partial charge in [-0.2, -0.15) is 0 Å². The molecule has 0 N–H and O–H groups in total. The van der Waals surface area contributed by atoms with E-state index in [4.69, 9.17) is 9.47 Å². The molecule has 65 heavy (non-hydrogen) atoms. The lowest BCUT2D eigenvalue weighted by atomic mass is 9.59. The lowest BCUT2D eigenvalue weighted by molar-refractivity contribution is 0.389. The number of ether oxygens (including phenoxy) is 2. The third-order valence-electron chi connectivity index (χ3n) is 16.6. The van der Waals surface area contributed by atoms with Crippen LogP contribution in [0, 0.1) is 0 Å². The fraction of sp³-hybridized carbons (Fsp3) is 0.143. The molecule has 0 bridgehead atoms. The van der Waals surface area contributed by atoms with Gasteiger partial charge in [0, 0.05) is 28.5 Å². The fourth-order valence-corrected chi connectivity index (χ4v) is 14.4. The molecule has 8 aliphatic rings. The first-order valence-corrected chi connectivity index (χ1v) is 23.5. The monoisotopic (exact) mass is 832 g/mol. The third-order valence-corrected chi connectivity index (χ3v) is 16.6. The van der Waals surface area contributed by atoms with Crippen molar-refractivity contribution in [3.8, 4) is 28.4 Å². The van der Waals surface area contributed by atoms with Gasteiger partial charge in [-0.15, -0.1) is 0 Å². The van der Waals surface area contributed by atoms with E-state index >= 15 is 0 Å². The minimum Gasteiger partial charge on any atom is -0.457 e. The Morgan fingerprint density at radius 2 is 1.03 bits per heavy atom. The molecule has 0 aromatic heterocycles. The number of rotatable bonds is 2. The summed E-state index contributed by atoms with van der Waals surface area (Å²) in [6, 6.07) is 61.9. The molecule has 15 rings (SSSR count). The highest BCUT2D eigenvalue weighted by molar-refractivity contribution is 5.89. The maximum absolute atomic E-state index is 6.75. The van der Waals surface area contributed by atoms with E-state index in [2.05, 4.69) is 206 Å². The van der Waals surface area contributed by atoms with Crippen molar-refractivity contribution >= 4 is 0 Å². The highest BCUT2D eigenvalue weighted by Crippen LogP contribution is 2.69. The van der Waals surface area contributed by atoms with E-state index in [1.165, 1.54) is 89.1 Å². The van der Waals surface area contributed by atoms with E-state index < -0.39 is 16.2 Å².